The van der Waals surface area contributed by atoms with Gasteiger partial charge in [0.05, 0.1) is 6.26 Å². The number of allylic oxidation sites excluding steroid dienone is 1. The molecule has 0 radical (unpaired) electrons. The molecule has 1 aromatic carbocycles. The van der Waals surface area contributed by atoms with Crippen LogP contribution in [-0.2, 0) is 0 Å². The largest absolute Gasteiger partial charge is 0.515 e. The van der Waals surface area contributed by atoms with Crippen molar-refractivity contribution in [2.24, 2.45) is 0 Å². The lowest BCUT2D eigenvalue weighted by Gasteiger charge is -1.96. The van der Waals surface area contributed by atoms with Crippen molar-refractivity contribution < 1.29 is 5.11 Å². The molecule has 0 aliphatic rings. The van der Waals surface area contributed by atoms with E-state index in [2.05, 4.69) is 0 Å². The average molecular weight is 134 g/mol. The summed E-state index contributed by atoms with van der Waals surface area (Å²) in [5.41, 5.74) is 1.95. The van der Waals surface area contributed by atoms with Gasteiger partial charge in [-0.1, -0.05) is 30.3 Å². The second-order valence-corrected chi connectivity index (χ2v) is 2.18. The second kappa shape index (κ2) is 3.06. The third-order valence-electron chi connectivity index (χ3n) is 1.42. The molecule has 0 saturated carbocycles. The minimum atomic E-state index is 0.889. The van der Waals surface area contributed by atoms with Gasteiger partial charge in [-0.05, 0) is 18.1 Å². The van der Waals surface area contributed by atoms with E-state index in [9.17, 15) is 0 Å². The van der Waals surface area contributed by atoms with Crippen LogP contribution < -0.4 is 0 Å². The van der Waals surface area contributed by atoms with Crippen molar-refractivity contribution in [1.29, 1.82) is 0 Å². The topological polar surface area (TPSA) is 20.2 Å². The molecule has 1 N–H and O–H groups in total. The van der Waals surface area contributed by atoms with E-state index >= 15 is 0 Å². The molecular formula is C9H10O. The third kappa shape index (κ3) is 1.38. The molecule has 0 unspecified atom stereocenters. The zero-order valence-corrected chi connectivity index (χ0v) is 5.91. The molecule has 10 heavy (non-hydrogen) atoms. The molecule has 0 aliphatic heterocycles. The Morgan fingerprint density at radius 3 is 2.40 bits per heavy atom. The van der Waals surface area contributed by atoms with Crippen LogP contribution in [0.15, 0.2) is 36.6 Å². The molecule has 1 rings (SSSR count). The summed E-state index contributed by atoms with van der Waals surface area (Å²) in [5, 5.41) is 8.63. The molecule has 1 nitrogen and oxygen atoms in total. The van der Waals surface area contributed by atoms with Gasteiger partial charge in [0.2, 0.25) is 0 Å². The second-order valence-electron chi connectivity index (χ2n) is 2.18. The van der Waals surface area contributed by atoms with E-state index in [1.165, 1.54) is 0 Å². The van der Waals surface area contributed by atoms with Crippen LogP contribution in [0.25, 0.3) is 5.57 Å². The Labute approximate surface area is 60.6 Å². The number of aliphatic hydroxyl groups is 1. The van der Waals surface area contributed by atoms with Crippen molar-refractivity contribution in [2.75, 3.05) is 0 Å². The van der Waals surface area contributed by atoms with Crippen LogP contribution >= 0.6 is 0 Å². The van der Waals surface area contributed by atoms with Gasteiger partial charge in [-0.3, -0.25) is 0 Å². The molecule has 1 heteroatoms. The molecule has 0 atom stereocenters. The van der Waals surface area contributed by atoms with Gasteiger partial charge in [0.1, 0.15) is 0 Å². The summed E-state index contributed by atoms with van der Waals surface area (Å²) in [6, 6.07) is 9.77. The number of hydrogen-bond acceptors (Lipinski definition) is 1. The first-order valence-electron chi connectivity index (χ1n) is 3.21. The van der Waals surface area contributed by atoms with Crippen molar-refractivity contribution in [1.82, 2.24) is 0 Å². The molecule has 0 saturated heterocycles. The lowest BCUT2D eigenvalue weighted by atomic mass is 10.1. The summed E-state index contributed by atoms with van der Waals surface area (Å²) in [6.07, 6.45) is 1.12. The van der Waals surface area contributed by atoms with E-state index in [0.717, 1.165) is 17.4 Å². The standard InChI is InChI=1S/C9H10O/c1-8(7-10)9-5-3-2-4-6-9/h2-7,10H,1H3. The highest BCUT2D eigenvalue weighted by molar-refractivity contribution is 5.62. The molecule has 1 aromatic rings. The fraction of sp³-hybridized carbons (Fsp3) is 0.111. The van der Waals surface area contributed by atoms with E-state index in [4.69, 9.17) is 5.11 Å². The summed E-state index contributed by atoms with van der Waals surface area (Å²) in [6.45, 7) is 1.87. The van der Waals surface area contributed by atoms with Gasteiger partial charge in [0.25, 0.3) is 0 Å². The molecular weight excluding hydrogens is 124 g/mol. The predicted molar refractivity (Wildman–Crippen MR) is 42.7 cm³/mol. The summed E-state index contributed by atoms with van der Waals surface area (Å²) < 4.78 is 0. The fourth-order valence-electron chi connectivity index (χ4n) is 0.776. The average Bonchev–Trinajstić information content (AvgIpc) is 2.05. The van der Waals surface area contributed by atoms with Crippen molar-refractivity contribution in [3.63, 3.8) is 0 Å². The molecule has 0 aromatic heterocycles. The summed E-state index contributed by atoms with van der Waals surface area (Å²) in [4.78, 5) is 0. The fourth-order valence-corrected chi connectivity index (χ4v) is 0.776. The van der Waals surface area contributed by atoms with E-state index in [-0.39, 0.29) is 0 Å². The maximum atomic E-state index is 8.63. The van der Waals surface area contributed by atoms with Crippen LogP contribution in [0.1, 0.15) is 12.5 Å². The SMILES string of the molecule is CC(=CO)c1ccccc1. The Bertz CT molecular complexity index is 224. The zero-order valence-electron chi connectivity index (χ0n) is 5.91. The molecule has 0 amide bonds. The molecule has 0 heterocycles. The first-order valence-corrected chi connectivity index (χ1v) is 3.21. The van der Waals surface area contributed by atoms with E-state index in [0.29, 0.717) is 0 Å². The van der Waals surface area contributed by atoms with Crippen molar-refractivity contribution in [3.8, 4) is 0 Å². The van der Waals surface area contributed by atoms with Crippen LogP contribution in [0.3, 0.4) is 0 Å². The number of hydrogen-bond donors (Lipinski definition) is 1. The first kappa shape index (κ1) is 6.87. The monoisotopic (exact) mass is 134 g/mol. The Hall–Kier alpha value is -1.24. The Kier molecular flexibility index (Phi) is 2.11. The highest BCUT2D eigenvalue weighted by Gasteiger charge is 1.90. The van der Waals surface area contributed by atoms with Crippen LogP contribution in [0.5, 0.6) is 0 Å². The molecule has 52 valence electrons. The smallest absolute Gasteiger partial charge is 0.0826 e. The maximum Gasteiger partial charge on any atom is 0.0826 e. The molecule has 0 fully saturated rings. The van der Waals surface area contributed by atoms with Gasteiger partial charge in [0, 0.05) is 0 Å². The van der Waals surface area contributed by atoms with Crippen LogP contribution in [0, 0.1) is 0 Å². The predicted octanol–water partition coefficient (Wildman–Crippen LogP) is 2.61. The van der Waals surface area contributed by atoms with Gasteiger partial charge in [-0.2, -0.15) is 0 Å². The lowest BCUT2D eigenvalue weighted by Crippen LogP contribution is -1.76. The number of rotatable bonds is 1. The van der Waals surface area contributed by atoms with E-state index < -0.39 is 0 Å². The third-order valence-corrected chi connectivity index (χ3v) is 1.42. The van der Waals surface area contributed by atoms with Crippen molar-refractivity contribution in [2.45, 2.75) is 6.92 Å². The molecule has 0 spiro atoms. The summed E-state index contributed by atoms with van der Waals surface area (Å²) in [7, 11) is 0. The Balaban J connectivity index is 2.96. The number of aliphatic hydroxyl groups excluding tert-OH is 1. The van der Waals surface area contributed by atoms with Gasteiger partial charge in [0.15, 0.2) is 0 Å². The number of benzene rings is 1. The van der Waals surface area contributed by atoms with Gasteiger partial charge in [-0.15, -0.1) is 0 Å². The minimum absolute atomic E-state index is 0.889. The quantitative estimate of drug-likeness (QED) is 0.585. The van der Waals surface area contributed by atoms with E-state index in [1.54, 1.807) is 0 Å². The lowest BCUT2D eigenvalue weighted by molar-refractivity contribution is 0.475. The summed E-state index contributed by atoms with van der Waals surface area (Å²) in [5.74, 6) is 0. The van der Waals surface area contributed by atoms with Crippen molar-refractivity contribution >= 4 is 5.57 Å². The Morgan fingerprint density at radius 2 is 1.90 bits per heavy atom. The van der Waals surface area contributed by atoms with E-state index in [1.807, 2.05) is 37.3 Å². The van der Waals surface area contributed by atoms with Gasteiger partial charge in [-0.25, -0.2) is 0 Å². The van der Waals surface area contributed by atoms with Crippen LogP contribution in [0.4, 0.5) is 0 Å². The minimum Gasteiger partial charge on any atom is -0.515 e. The molecule has 0 bridgehead atoms. The van der Waals surface area contributed by atoms with Crippen molar-refractivity contribution in [3.05, 3.63) is 42.2 Å². The first-order chi connectivity index (χ1) is 4.84. The normalized spacial score (nSPS) is 11.5. The van der Waals surface area contributed by atoms with Crippen LogP contribution in [0.2, 0.25) is 0 Å². The highest BCUT2D eigenvalue weighted by Crippen LogP contribution is 2.10. The van der Waals surface area contributed by atoms with Gasteiger partial charge < -0.3 is 5.11 Å². The van der Waals surface area contributed by atoms with Crippen LogP contribution in [-0.4, -0.2) is 5.11 Å². The van der Waals surface area contributed by atoms with Gasteiger partial charge >= 0.3 is 0 Å². The molecule has 0 aliphatic carbocycles. The Morgan fingerprint density at radius 1 is 1.30 bits per heavy atom. The highest BCUT2D eigenvalue weighted by atomic mass is 16.2. The maximum absolute atomic E-state index is 8.63. The summed E-state index contributed by atoms with van der Waals surface area (Å²) >= 11 is 0. The zero-order chi connectivity index (χ0) is 7.40.